The second-order valence-corrected chi connectivity index (χ2v) is 14.6. The quantitative estimate of drug-likeness (QED) is 0.309. The highest BCUT2D eigenvalue weighted by molar-refractivity contribution is 5.94. The zero-order valence-corrected chi connectivity index (χ0v) is 31.2. The molecule has 0 amide bonds. The van der Waals surface area contributed by atoms with Crippen molar-refractivity contribution in [2.75, 3.05) is 13.2 Å². The van der Waals surface area contributed by atoms with E-state index in [2.05, 4.69) is 4.98 Å². The van der Waals surface area contributed by atoms with Gasteiger partial charge in [-0.3, -0.25) is 38.5 Å². The molecule has 294 valence electrons. The van der Waals surface area contributed by atoms with E-state index < -0.39 is 131 Å². The van der Waals surface area contributed by atoms with Crippen LogP contribution in [0.2, 0.25) is 0 Å². The van der Waals surface area contributed by atoms with Crippen LogP contribution in [-0.4, -0.2) is 118 Å². The average Bonchev–Trinajstić information content (AvgIpc) is 3.30. The summed E-state index contributed by atoms with van der Waals surface area (Å²) in [4.78, 5) is 112. The Bertz CT molecular complexity index is 1790. The number of ether oxygens (including phenoxy) is 8. The van der Waals surface area contributed by atoms with Gasteiger partial charge in [0, 0.05) is 46.7 Å². The molecule has 1 spiro atoms. The van der Waals surface area contributed by atoms with E-state index in [-0.39, 0.29) is 11.3 Å². The molecule has 3 heterocycles. The van der Waals surface area contributed by atoms with Crippen LogP contribution in [0.4, 0.5) is 0 Å². The van der Waals surface area contributed by atoms with Gasteiger partial charge in [-0.1, -0.05) is 13.8 Å². The van der Waals surface area contributed by atoms with Crippen LogP contribution in [0.15, 0.2) is 18.3 Å². The Morgan fingerprint density at radius 1 is 0.852 bits per heavy atom. The largest absolute Gasteiger partial charge is 0.465 e. The van der Waals surface area contributed by atoms with Gasteiger partial charge in [0.2, 0.25) is 0 Å². The highest BCUT2D eigenvalue weighted by atomic mass is 16.7. The second kappa shape index (κ2) is 14.0. The van der Waals surface area contributed by atoms with Gasteiger partial charge in [0.05, 0.1) is 23.1 Å². The van der Waals surface area contributed by atoms with Crippen molar-refractivity contribution in [3.05, 3.63) is 29.6 Å². The number of cyclic esters (lactones) is 1. The molecule has 18 nitrogen and oxygen atoms in total. The van der Waals surface area contributed by atoms with Crippen molar-refractivity contribution in [1.82, 2.24) is 4.98 Å². The van der Waals surface area contributed by atoms with Crippen molar-refractivity contribution in [3.63, 3.8) is 0 Å². The molecule has 1 aromatic rings. The van der Waals surface area contributed by atoms with Crippen LogP contribution in [0, 0.1) is 17.3 Å². The Labute approximate surface area is 309 Å². The summed E-state index contributed by atoms with van der Waals surface area (Å²) in [7, 11) is 0. The van der Waals surface area contributed by atoms with Gasteiger partial charge in [-0.2, -0.15) is 0 Å². The molecule has 4 bridgehead atoms. The first kappa shape index (κ1) is 40.2. The fourth-order valence-electron chi connectivity index (χ4n) is 8.70. The standard InChI is InChI=1S/C36H43NO17/c1-15-16(2)31(44)53-29-26(49-18(4)39)30(52-21(7)42)35(14-47-17(3)38)28(51-20(6)41)25(43)23-27(50-19(5)40)36(35,34(29,9)46)54-33(23,8)13-48-32(45)22-11-10-12-37-24(15)22/h10-12,15-16,23,26-30,46H,13-14H2,1-9H3/t15-,16-,23?,26+,27+,28+,29-,30+,33+,34-,35-,36-/m0/s1. The summed E-state index contributed by atoms with van der Waals surface area (Å²) >= 11 is 0. The summed E-state index contributed by atoms with van der Waals surface area (Å²) in [6.07, 6.45) is -9.01. The molecule has 2 aliphatic heterocycles. The van der Waals surface area contributed by atoms with Gasteiger partial charge < -0.3 is 43.0 Å². The number of carbonyl (C=O) groups excluding carboxylic acids is 8. The predicted octanol–water partition coefficient (Wildman–Crippen LogP) is 0.671. The molecular weight excluding hydrogens is 718 g/mol. The Morgan fingerprint density at radius 3 is 2.02 bits per heavy atom. The third kappa shape index (κ3) is 6.08. The summed E-state index contributed by atoms with van der Waals surface area (Å²) in [5.41, 5.74) is -10.2. The molecule has 1 aromatic heterocycles. The number of pyridine rings is 1. The number of esters is 7. The van der Waals surface area contributed by atoms with Gasteiger partial charge in [0.1, 0.15) is 35.9 Å². The number of aromatic nitrogens is 1. The summed E-state index contributed by atoms with van der Waals surface area (Å²) in [6, 6.07) is 2.88. The predicted molar refractivity (Wildman–Crippen MR) is 175 cm³/mol. The lowest BCUT2D eigenvalue weighted by Crippen LogP contribution is -2.88. The Kier molecular flexibility index (Phi) is 10.4. The van der Waals surface area contributed by atoms with Crippen LogP contribution in [-0.2, 0) is 71.5 Å². The van der Waals surface area contributed by atoms with E-state index in [0.29, 0.717) is 0 Å². The molecule has 3 fully saturated rings. The molecule has 18 heteroatoms. The van der Waals surface area contributed by atoms with Gasteiger partial charge in [-0.05, 0) is 26.0 Å². The van der Waals surface area contributed by atoms with E-state index in [1.165, 1.54) is 32.2 Å². The minimum atomic E-state index is -2.82. The fourth-order valence-corrected chi connectivity index (χ4v) is 8.70. The van der Waals surface area contributed by atoms with Crippen LogP contribution >= 0.6 is 0 Å². The number of ketones is 1. The molecule has 2 saturated carbocycles. The first-order valence-electron chi connectivity index (χ1n) is 17.2. The van der Waals surface area contributed by atoms with Crippen molar-refractivity contribution < 1.29 is 81.4 Å². The number of carbonyl (C=O) groups is 8. The highest BCUT2D eigenvalue weighted by Gasteiger charge is 2.91. The normalized spacial score (nSPS) is 38.4. The maximum atomic E-state index is 15.1. The number of rotatable bonds is 6. The number of nitrogens with zero attached hydrogens (tertiary/aromatic N) is 1. The van der Waals surface area contributed by atoms with Crippen LogP contribution in [0.3, 0.4) is 0 Å². The Hall–Kier alpha value is -4.97. The first-order valence-corrected chi connectivity index (χ1v) is 17.2. The number of fused-ring (bicyclic) bond motifs is 5. The smallest absolute Gasteiger partial charge is 0.340 e. The van der Waals surface area contributed by atoms with Crippen molar-refractivity contribution in [3.8, 4) is 0 Å². The van der Waals surface area contributed by atoms with Crippen molar-refractivity contribution in [2.45, 2.75) is 116 Å². The Balaban J connectivity index is 1.97. The van der Waals surface area contributed by atoms with Gasteiger partial charge in [-0.15, -0.1) is 0 Å². The second-order valence-electron chi connectivity index (χ2n) is 14.6. The molecular formula is C36H43NO17. The van der Waals surface area contributed by atoms with Crippen molar-refractivity contribution in [1.29, 1.82) is 0 Å². The summed E-state index contributed by atoms with van der Waals surface area (Å²) in [5, 5.41) is 13.2. The van der Waals surface area contributed by atoms with Crippen LogP contribution in [0.5, 0.6) is 0 Å². The SMILES string of the molecule is CC(=O)OC[C@@]12[C@H](OC(C)=O)C(=O)C3[C@@H](OC(C)=O)[C@@]14O[C@]3(C)COC(=O)c1cccnc1[C@@H](C)[C@H](C)C(=O)O[C@@H]([C@@H](OC(C)=O)[C@H]2OC(C)=O)[C@]4(C)O. The minimum Gasteiger partial charge on any atom is -0.465 e. The van der Waals surface area contributed by atoms with Gasteiger partial charge in [0.15, 0.2) is 35.8 Å². The first-order chi connectivity index (χ1) is 25.1. The molecule has 2 aliphatic carbocycles. The zero-order valence-electron chi connectivity index (χ0n) is 31.2. The van der Waals surface area contributed by atoms with Crippen LogP contribution in [0.25, 0.3) is 0 Å². The monoisotopic (exact) mass is 761 g/mol. The molecule has 54 heavy (non-hydrogen) atoms. The lowest BCUT2D eigenvalue weighted by atomic mass is 9.45. The van der Waals surface area contributed by atoms with Gasteiger partial charge in [-0.25, -0.2) is 4.79 Å². The third-order valence-electron chi connectivity index (χ3n) is 10.9. The summed E-state index contributed by atoms with van der Waals surface area (Å²) in [6.45, 7) is 8.38. The third-order valence-corrected chi connectivity index (χ3v) is 10.9. The maximum absolute atomic E-state index is 15.1. The van der Waals surface area contributed by atoms with E-state index in [4.69, 9.17) is 37.9 Å². The van der Waals surface area contributed by atoms with E-state index in [1.807, 2.05) is 0 Å². The van der Waals surface area contributed by atoms with Gasteiger partial charge in [0.25, 0.3) is 0 Å². The summed E-state index contributed by atoms with van der Waals surface area (Å²) < 4.78 is 47.3. The van der Waals surface area contributed by atoms with E-state index >= 15 is 4.79 Å². The zero-order chi connectivity index (χ0) is 40.3. The van der Waals surface area contributed by atoms with Gasteiger partial charge >= 0.3 is 41.8 Å². The van der Waals surface area contributed by atoms with Crippen molar-refractivity contribution in [2.24, 2.45) is 17.3 Å². The molecule has 0 aromatic carbocycles. The molecule has 5 rings (SSSR count). The van der Waals surface area contributed by atoms with Crippen molar-refractivity contribution >= 4 is 47.6 Å². The lowest BCUT2D eigenvalue weighted by molar-refractivity contribution is -0.376. The maximum Gasteiger partial charge on any atom is 0.340 e. The number of aliphatic hydroxyl groups is 1. The van der Waals surface area contributed by atoms with E-state index in [1.54, 1.807) is 6.92 Å². The number of hydrogen-bond donors (Lipinski definition) is 1. The van der Waals surface area contributed by atoms with E-state index in [9.17, 15) is 38.7 Å². The summed E-state index contributed by atoms with van der Waals surface area (Å²) in [5.74, 6) is -12.0. The van der Waals surface area contributed by atoms with E-state index in [0.717, 1.165) is 41.5 Å². The molecule has 12 atom stereocenters. The average molecular weight is 762 g/mol. The molecule has 1 unspecified atom stereocenters. The number of hydrogen-bond acceptors (Lipinski definition) is 18. The Morgan fingerprint density at radius 2 is 1.44 bits per heavy atom. The molecule has 1 saturated heterocycles. The lowest BCUT2D eigenvalue weighted by Gasteiger charge is -2.66. The minimum absolute atomic E-state index is 0.0470. The highest BCUT2D eigenvalue weighted by Crippen LogP contribution is 2.69. The molecule has 4 aliphatic rings. The van der Waals surface area contributed by atoms with Crippen LogP contribution in [0.1, 0.15) is 84.3 Å². The fraction of sp³-hybridized carbons (Fsp3) is 0.639. The topological polar surface area (TPSA) is 244 Å². The molecule has 1 N–H and O–H groups in total. The molecule has 0 radical (unpaired) electrons. The number of Topliss-reactive ketones (excluding diaryl/α,β-unsaturated/α-hetero) is 1. The van der Waals surface area contributed by atoms with Crippen LogP contribution < -0.4 is 0 Å².